The second kappa shape index (κ2) is 6.67. The van der Waals surface area contributed by atoms with Crippen molar-refractivity contribution >= 4 is 27.3 Å². The van der Waals surface area contributed by atoms with Gasteiger partial charge in [0, 0.05) is 35.4 Å². The number of benzene rings is 1. The number of hydrogen-bond acceptors (Lipinski definition) is 4. The Labute approximate surface area is 131 Å². The summed E-state index contributed by atoms with van der Waals surface area (Å²) in [6.07, 6.45) is 0. The molecule has 0 spiro atoms. The Morgan fingerprint density at radius 3 is 2.71 bits per heavy atom. The van der Waals surface area contributed by atoms with Gasteiger partial charge in [0.1, 0.15) is 0 Å². The van der Waals surface area contributed by atoms with Crippen molar-refractivity contribution < 1.29 is 4.92 Å². The van der Waals surface area contributed by atoms with E-state index in [1.54, 1.807) is 12.1 Å². The van der Waals surface area contributed by atoms with Gasteiger partial charge >= 0.3 is 0 Å². The highest BCUT2D eigenvalue weighted by molar-refractivity contribution is 9.08. The van der Waals surface area contributed by atoms with E-state index in [1.165, 1.54) is 0 Å². The maximum Gasteiger partial charge on any atom is 0.273 e. The Bertz CT molecular complexity index is 661. The molecular weight excluding hydrogens is 334 g/mol. The first kappa shape index (κ1) is 15.4. The first-order valence-corrected chi connectivity index (χ1v) is 7.60. The van der Waals surface area contributed by atoms with Gasteiger partial charge in [-0.15, -0.1) is 0 Å². The zero-order valence-electron chi connectivity index (χ0n) is 11.9. The zero-order valence-corrected chi connectivity index (χ0v) is 13.5. The molecule has 2 aromatic rings. The SMILES string of the molecule is Cc1cccc(CN(C)c2ccc([N+](=O)[O-])c(CBr)c2)n1. The van der Waals surface area contributed by atoms with Crippen LogP contribution in [0.4, 0.5) is 11.4 Å². The summed E-state index contributed by atoms with van der Waals surface area (Å²) in [7, 11) is 1.95. The number of nitro benzene ring substituents is 1. The Hall–Kier alpha value is -1.95. The maximum absolute atomic E-state index is 11.0. The molecule has 0 aliphatic heterocycles. The van der Waals surface area contributed by atoms with Crippen LogP contribution in [0.3, 0.4) is 0 Å². The summed E-state index contributed by atoms with van der Waals surface area (Å²) < 4.78 is 0. The molecular formula is C15H16BrN3O2. The van der Waals surface area contributed by atoms with E-state index in [-0.39, 0.29) is 10.6 Å². The van der Waals surface area contributed by atoms with Crippen LogP contribution in [0.5, 0.6) is 0 Å². The standard InChI is InChI=1S/C15H16BrN3O2/c1-11-4-3-5-13(17-11)10-18(2)14-6-7-15(19(20)21)12(8-14)9-16/h3-8H,9-10H2,1-2H3. The third-order valence-electron chi connectivity index (χ3n) is 3.19. The summed E-state index contributed by atoms with van der Waals surface area (Å²) in [6.45, 7) is 2.61. The highest BCUT2D eigenvalue weighted by Gasteiger charge is 2.14. The van der Waals surface area contributed by atoms with Crippen LogP contribution >= 0.6 is 15.9 Å². The topological polar surface area (TPSA) is 59.3 Å². The monoisotopic (exact) mass is 349 g/mol. The van der Waals surface area contributed by atoms with Gasteiger partial charge in [-0.3, -0.25) is 15.1 Å². The molecule has 0 atom stereocenters. The van der Waals surface area contributed by atoms with E-state index in [4.69, 9.17) is 0 Å². The molecule has 110 valence electrons. The number of aryl methyl sites for hydroxylation is 1. The highest BCUT2D eigenvalue weighted by Crippen LogP contribution is 2.26. The number of alkyl halides is 1. The van der Waals surface area contributed by atoms with Crippen molar-refractivity contribution in [3.63, 3.8) is 0 Å². The van der Waals surface area contributed by atoms with Crippen LogP contribution in [0.15, 0.2) is 36.4 Å². The number of rotatable bonds is 5. The number of aromatic nitrogens is 1. The molecule has 0 radical (unpaired) electrons. The van der Waals surface area contributed by atoms with Crippen molar-refractivity contribution in [2.75, 3.05) is 11.9 Å². The summed E-state index contributed by atoms with van der Waals surface area (Å²) in [4.78, 5) is 17.1. The van der Waals surface area contributed by atoms with Crippen LogP contribution in [0, 0.1) is 17.0 Å². The van der Waals surface area contributed by atoms with Gasteiger partial charge in [-0.2, -0.15) is 0 Å². The second-order valence-corrected chi connectivity index (χ2v) is 5.39. The summed E-state index contributed by atoms with van der Waals surface area (Å²) in [6, 6.07) is 11.1. The van der Waals surface area contributed by atoms with Crippen molar-refractivity contribution in [2.24, 2.45) is 0 Å². The molecule has 6 heteroatoms. The van der Waals surface area contributed by atoms with Gasteiger partial charge in [0.2, 0.25) is 0 Å². The Kier molecular flexibility index (Phi) is 4.90. The fourth-order valence-electron chi connectivity index (χ4n) is 2.12. The average Bonchev–Trinajstić information content (AvgIpc) is 2.46. The van der Waals surface area contributed by atoms with E-state index < -0.39 is 0 Å². The lowest BCUT2D eigenvalue weighted by Crippen LogP contribution is -2.17. The molecule has 0 unspecified atom stereocenters. The number of hydrogen-bond donors (Lipinski definition) is 0. The molecule has 0 aliphatic carbocycles. The quantitative estimate of drug-likeness (QED) is 0.467. The van der Waals surface area contributed by atoms with E-state index in [2.05, 4.69) is 20.9 Å². The van der Waals surface area contributed by atoms with E-state index >= 15 is 0 Å². The van der Waals surface area contributed by atoms with Crippen LogP contribution in [0.25, 0.3) is 0 Å². The summed E-state index contributed by atoms with van der Waals surface area (Å²) in [5, 5.41) is 11.4. The zero-order chi connectivity index (χ0) is 15.4. The third kappa shape index (κ3) is 3.78. The molecule has 1 heterocycles. The van der Waals surface area contributed by atoms with Gasteiger partial charge in [0.15, 0.2) is 0 Å². The third-order valence-corrected chi connectivity index (χ3v) is 3.79. The lowest BCUT2D eigenvalue weighted by Gasteiger charge is -2.19. The Balaban J connectivity index is 2.23. The number of nitro groups is 1. The number of halogens is 1. The smallest absolute Gasteiger partial charge is 0.273 e. The molecule has 0 amide bonds. The maximum atomic E-state index is 11.0. The van der Waals surface area contributed by atoms with Crippen LogP contribution in [-0.2, 0) is 11.9 Å². The lowest BCUT2D eigenvalue weighted by atomic mass is 10.1. The minimum atomic E-state index is -0.359. The normalized spacial score (nSPS) is 10.4. The van der Waals surface area contributed by atoms with Crippen molar-refractivity contribution in [3.8, 4) is 0 Å². The molecule has 2 rings (SSSR count). The Morgan fingerprint density at radius 1 is 1.33 bits per heavy atom. The van der Waals surface area contributed by atoms with E-state index in [1.807, 2.05) is 43.1 Å². The van der Waals surface area contributed by atoms with Crippen molar-refractivity contribution in [3.05, 3.63) is 63.5 Å². The summed E-state index contributed by atoms with van der Waals surface area (Å²) >= 11 is 3.30. The number of nitrogens with zero attached hydrogens (tertiary/aromatic N) is 3. The van der Waals surface area contributed by atoms with Crippen molar-refractivity contribution in [2.45, 2.75) is 18.8 Å². The second-order valence-electron chi connectivity index (χ2n) is 4.83. The minimum Gasteiger partial charge on any atom is -0.369 e. The summed E-state index contributed by atoms with van der Waals surface area (Å²) in [5.74, 6) is 0. The van der Waals surface area contributed by atoms with Gasteiger partial charge < -0.3 is 4.90 Å². The molecule has 0 fully saturated rings. The predicted molar refractivity (Wildman–Crippen MR) is 86.8 cm³/mol. The molecule has 5 nitrogen and oxygen atoms in total. The van der Waals surface area contributed by atoms with Gasteiger partial charge in [-0.25, -0.2) is 0 Å². The molecule has 0 bridgehead atoms. The molecule has 21 heavy (non-hydrogen) atoms. The molecule has 1 aromatic carbocycles. The molecule has 1 aromatic heterocycles. The molecule has 0 saturated heterocycles. The molecule has 0 aliphatic rings. The number of anilines is 1. The average molecular weight is 350 g/mol. The molecule has 0 N–H and O–H groups in total. The van der Waals surface area contributed by atoms with Crippen molar-refractivity contribution in [1.82, 2.24) is 4.98 Å². The highest BCUT2D eigenvalue weighted by atomic mass is 79.9. The van der Waals surface area contributed by atoms with Crippen LogP contribution in [-0.4, -0.2) is 17.0 Å². The summed E-state index contributed by atoms with van der Waals surface area (Å²) in [5.41, 5.74) is 3.68. The lowest BCUT2D eigenvalue weighted by molar-refractivity contribution is -0.385. The fraction of sp³-hybridized carbons (Fsp3) is 0.267. The van der Waals surface area contributed by atoms with Gasteiger partial charge in [0.25, 0.3) is 5.69 Å². The van der Waals surface area contributed by atoms with Crippen LogP contribution < -0.4 is 4.90 Å². The largest absolute Gasteiger partial charge is 0.369 e. The fourth-order valence-corrected chi connectivity index (χ4v) is 2.57. The van der Waals surface area contributed by atoms with Gasteiger partial charge in [0.05, 0.1) is 17.2 Å². The van der Waals surface area contributed by atoms with Gasteiger partial charge in [-0.05, 0) is 31.2 Å². The van der Waals surface area contributed by atoms with Crippen LogP contribution in [0.1, 0.15) is 17.0 Å². The van der Waals surface area contributed by atoms with Crippen LogP contribution in [0.2, 0.25) is 0 Å². The van der Waals surface area contributed by atoms with E-state index in [9.17, 15) is 10.1 Å². The molecule has 0 saturated carbocycles. The minimum absolute atomic E-state index is 0.137. The first-order valence-electron chi connectivity index (χ1n) is 6.48. The van der Waals surface area contributed by atoms with E-state index in [0.29, 0.717) is 17.4 Å². The van der Waals surface area contributed by atoms with E-state index in [0.717, 1.165) is 17.1 Å². The van der Waals surface area contributed by atoms with Gasteiger partial charge in [-0.1, -0.05) is 22.0 Å². The van der Waals surface area contributed by atoms with Crippen molar-refractivity contribution in [1.29, 1.82) is 0 Å². The predicted octanol–water partition coefficient (Wildman–Crippen LogP) is 3.83. The first-order chi connectivity index (χ1) is 10.0. The Morgan fingerprint density at radius 2 is 2.10 bits per heavy atom. The number of pyridine rings is 1.